The highest BCUT2D eigenvalue weighted by atomic mass is 35.5. The van der Waals surface area contributed by atoms with Gasteiger partial charge in [0.05, 0.1) is 6.42 Å². The summed E-state index contributed by atoms with van der Waals surface area (Å²) in [6.07, 6.45) is 7.23. The fourth-order valence-corrected chi connectivity index (χ4v) is 5.73. The summed E-state index contributed by atoms with van der Waals surface area (Å²) in [5.41, 5.74) is 2.94. The van der Waals surface area contributed by atoms with Crippen LogP contribution in [0, 0.1) is 0 Å². The van der Waals surface area contributed by atoms with Crippen LogP contribution in [0.5, 0.6) is 0 Å². The molecule has 2 heterocycles. The van der Waals surface area contributed by atoms with Crippen LogP contribution < -0.4 is 5.32 Å². The van der Waals surface area contributed by atoms with E-state index in [1.54, 1.807) is 18.2 Å². The third-order valence-electron chi connectivity index (χ3n) is 6.95. The van der Waals surface area contributed by atoms with Crippen LogP contribution in [0.25, 0.3) is 10.9 Å². The van der Waals surface area contributed by atoms with Crippen LogP contribution in [-0.4, -0.2) is 58.8 Å². The highest BCUT2D eigenvalue weighted by Gasteiger charge is 2.28. The van der Waals surface area contributed by atoms with Crippen LogP contribution in [-0.2, 0) is 11.2 Å². The Labute approximate surface area is 209 Å². The fraction of sp³-hybridized carbons (Fsp3) is 0.385. The predicted octanol–water partition coefficient (Wildman–Crippen LogP) is 5.36. The number of hydrogen-bond donors (Lipinski definition) is 2. The number of nitrogens with zero attached hydrogens (tertiary/aromatic N) is 2. The van der Waals surface area contributed by atoms with Crippen LogP contribution in [0.15, 0.2) is 42.6 Å². The average molecular weight is 499 g/mol. The molecule has 5 rings (SSSR count). The van der Waals surface area contributed by atoms with Gasteiger partial charge in [-0.25, -0.2) is 0 Å². The Balaban J connectivity index is 1.26. The molecule has 3 aromatic rings. The van der Waals surface area contributed by atoms with Gasteiger partial charge in [-0.1, -0.05) is 36.0 Å². The van der Waals surface area contributed by atoms with E-state index in [4.69, 9.17) is 23.2 Å². The smallest absolute Gasteiger partial charge is 0.253 e. The van der Waals surface area contributed by atoms with Crippen LogP contribution in [0.1, 0.15) is 41.6 Å². The molecule has 2 aliphatic rings. The molecule has 2 N–H and O–H groups in total. The Morgan fingerprint density at radius 1 is 0.971 bits per heavy atom. The molecule has 34 heavy (non-hydrogen) atoms. The van der Waals surface area contributed by atoms with Gasteiger partial charge in [-0.15, -0.1) is 0 Å². The molecule has 6 nitrogen and oxygen atoms in total. The van der Waals surface area contributed by atoms with Gasteiger partial charge in [-0.2, -0.15) is 0 Å². The van der Waals surface area contributed by atoms with E-state index < -0.39 is 0 Å². The largest absolute Gasteiger partial charge is 0.361 e. The van der Waals surface area contributed by atoms with Crippen LogP contribution in [0.2, 0.25) is 10.0 Å². The number of hydrogen-bond acceptors (Lipinski definition) is 3. The summed E-state index contributed by atoms with van der Waals surface area (Å²) in [6.45, 7) is 3.42. The molecule has 0 spiro atoms. The minimum atomic E-state index is -0.181. The van der Waals surface area contributed by atoms with Gasteiger partial charge < -0.3 is 15.2 Å². The molecular weight excluding hydrogens is 471 g/mol. The van der Waals surface area contributed by atoms with E-state index >= 15 is 0 Å². The second kappa shape index (κ2) is 9.98. The number of carbonyl (C=O) groups is 2. The zero-order chi connectivity index (χ0) is 23.7. The number of nitrogens with one attached hydrogen (secondary N) is 2. The molecule has 0 bridgehead atoms. The molecule has 0 atom stereocenters. The molecule has 2 fully saturated rings. The van der Waals surface area contributed by atoms with Gasteiger partial charge in [-0.3, -0.25) is 14.5 Å². The van der Waals surface area contributed by atoms with Crippen molar-refractivity contribution in [1.82, 2.24) is 14.8 Å². The van der Waals surface area contributed by atoms with Crippen molar-refractivity contribution < 1.29 is 9.59 Å². The Kier molecular flexibility index (Phi) is 6.82. The molecule has 1 saturated heterocycles. The van der Waals surface area contributed by atoms with Crippen molar-refractivity contribution in [2.24, 2.45) is 0 Å². The second-order valence-electron chi connectivity index (χ2n) is 9.22. The topological polar surface area (TPSA) is 68.4 Å². The van der Waals surface area contributed by atoms with Crippen molar-refractivity contribution in [2.45, 2.75) is 38.1 Å². The van der Waals surface area contributed by atoms with Crippen molar-refractivity contribution in [3.8, 4) is 0 Å². The lowest BCUT2D eigenvalue weighted by molar-refractivity contribution is -0.115. The van der Waals surface area contributed by atoms with E-state index in [0.29, 0.717) is 27.3 Å². The quantitative estimate of drug-likeness (QED) is 0.497. The van der Waals surface area contributed by atoms with Gasteiger partial charge in [0.2, 0.25) is 5.91 Å². The van der Waals surface area contributed by atoms with E-state index in [0.717, 1.165) is 42.6 Å². The fourth-order valence-electron chi connectivity index (χ4n) is 5.20. The lowest BCUT2D eigenvalue weighted by Gasteiger charge is -2.38. The summed E-state index contributed by atoms with van der Waals surface area (Å²) in [6, 6.07) is 11.3. The molecule has 8 heteroatoms. The molecule has 178 valence electrons. The van der Waals surface area contributed by atoms with Crippen LogP contribution in [0.4, 0.5) is 5.69 Å². The van der Waals surface area contributed by atoms with Gasteiger partial charge in [-0.05, 0) is 54.8 Å². The van der Waals surface area contributed by atoms with Gasteiger partial charge in [0.1, 0.15) is 0 Å². The zero-order valence-corrected chi connectivity index (χ0v) is 20.5. The third-order valence-corrected chi connectivity index (χ3v) is 7.39. The Hall–Kier alpha value is -2.54. The van der Waals surface area contributed by atoms with E-state index in [1.165, 1.54) is 25.7 Å². The highest BCUT2D eigenvalue weighted by molar-refractivity contribution is 6.35. The molecule has 2 amide bonds. The summed E-state index contributed by atoms with van der Waals surface area (Å²) < 4.78 is 0. The summed E-state index contributed by atoms with van der Waals surface area (Å²) in [5.74, 6) is -0.128. The zero-order valence-electron chi connectivity index (χ0n) is 18.9. The summed E-state index contributed by atoms with van der Waals surface area (Å²) in [5, 5.41) is 4.65. The number of halogens is 2. The monoisotopic (exact) mass is 498 g/mol. The molecule has 1 aliphatic heterocycles. The minimum Gasteiger partial charge on any atom is -0.361 e. The lowest BCUT2D eigenvalue weighted by Crippen LogP contribution is -2.51. The van der Waals surface area contributed by atoms with Crippen molar-refractivity contribution in [3.05, 3.63) is 63.8 Å². The van der Waals surface area contributed by atoms with Gasteiger partial charge in [0.25, 0.3) is 5.91 Å². The predicted molar refractivity (Wildman–Crippen MR) is 137 cm³/mol. The molecule has 2 aromatic carbocycles. The molecule has 1 aliphatic carbocycles. The van der Waals surface area contributed by atoms with Crippen LogP contribution in [0.3, 0.4) is 0 Å². The number of fused-ring (bicyclic) bond motifs is 1. The van der Waals surface area contributed by atoms with Crippen molar-refractivity contribution >= 4 is 51.6 Å². The number of aromatic amines is 1. The number of benzene rings is 2. The average Bonchev–Trinajstić information content (AvgIpc) is 3.48. The SMILES string of the molecule is O=C(Cc1c[nH]c2ccc(C(=O)N3CCN(C4CCCC4)CC3)cc12)Nc1cc(Cl)cc(Cl)c1. The second-order valence-corrected chi connectivity index (χ2v) is 10.1. The lowest BCUT2D eigenvalue weighted by atomic mass is 10.1. The molecule has 0 radical (unpaired) electrons. The first-order chi connectivity index (χ1) is 16.5. The van der Waals surface area contributed by atoms with Gasteiger partial charge >= 0.3 is 0 Å². The van der Waals surface area contributed by atoms with Crippen molar-refractivity contribution in [3.63, 3.8) is 0 Å². The van der Waals surface area contributed by atoms with E-state index in [2.05, 4.69) is 15.2 Å². The number of anilines is 1. The van der Waals surface area contributed by atoms with Crippen LogP contribution >= 0.6 is 23.2 Å². The Morgan fingerprint density at radius 2 is 1.68 bits per heavy atom. The molecular formula is C26H28Cl2N4O2. The molecule has 1 aromatic heterocycles. The van der Waals surface area contributed by atoms with E-state index in [9.17, 15) is 9.59 Å². The summed E-state index contributed by atoms with van der Waals surface area (Å²) in [4.78, 5) is 33.6. The summed E-state index contributed by atoms with van der Waals surface area (Å²) >= 11 is 12.1. The normalized spacial score (nSPS) is 17.4. The molecule has 0 unspecified atom stereocenters. The summed E-state index contributed by atoms with van der Waals surface area (Å²) in [7, 11) is 0. The number of piperazine rings is 1. The van der Waals surface area contributed by atoms with E-state index in [1.807, 2.05) is 29.3 Å². The first-order valence-corrected chi connectivity index (χ1v) is 12.6. The van der Waals surface area contributed by atoms with Crippen molar-refractivity contribution in [1.29, 1.82) is 0 Å². The number of carbonyl (C=O) groups excluding carboxylic acids is 2. The number of rotatable bonds is 5. The third kappa shape index (κ3) is 5.09. The van der Waals surface area contributed by atoms with Gasteiger partial charge in [0, 0.05) is 70.6 Å². The highest BCUT2D eigenvalue weighted by Crippen LogP contribution is 2.26. The first-order valence-electron chi connectivity index (χ1n) is 11.9. The first kappa shape index (κ1) is 23.2. The maximum Gasteiger partial charge on any atom is 0.253 e. The molecule has 1 saturated carbocycles. The number of amides is 2. The van der Waals surface area contributed by atoms with Gasteiger partial charge in [0.15, 0.2) is 0 Å². The Morgan fingerprint density at radius 3 is 2.38 bits per heavy atom. The Bertz CT molecular complexity index is 1190. The number of aromatic nitrogens is 1. The maximum absolute atomic E-state index is 13.2. The standard InChI is InChI=1S/C26H28Cl2N4O2/c27-19-13-20(28)15-21(14-19)30-25(33)12-18-16-29-24-6-5-17(11-23(18)24)26(34)32-9-7-31(8-10-32)22-3-1-2-4-22/h5-6,11,13-16,22,29H,1-4,7-10,12H2,(H,30,33). The number of H-pyrrole nitrogens is 1. The minimum absolute atomic E-state index is 0.0538. The van der Waals surface area contributed by atoms with Crippen molar-refractivity contribution in [2.75, 3.05) is 31.5 Å². The van der Waals surface area contributed by atoms with E-state index in [-0.39, 0.29) is 18.2 Å². The maximum atomic E-state index is 13.2.